The van der Waals surface area contributed by atoms with Gasteiger partial charge in [0.1, 0.15) is 0 Å². The first-order valence-corrected chi connectivity index (χ1v) is 16.3. The molecule has 2 aliphatic carbocycles. The topological polar surface area (TPSA) is 57.1 Å². The third-order valence-corrected chi connectivity index (χ3v) is 9.93. The molecule has 3 aliphatic rings. The quantitative estimate of drug-likeness (QED) is 0.208. The van der Waals surface area contributed by atoms with E-state index in [0.29, 0.717) is 17.5 Å². The second-order valence-electron chi connectivity index (χ2n) is 13.5. The molecule has 1 saturated heterocycles. The summed E-state index contributed by atoms with van der Waals surface area (Å²) in [7, 11) is -0.538. The van der Waals surface area contributed by atoms with Gasteiger partial charge in [0.15, 0.2) is 17.5 Å². The van der Waals surface area contributed by atoms with Crippen molar-refractivity contribution in [3.8, 4) is 34.2 Å². The van der Waals surface area contributed by atoms with Crippen molar-refractivity contribution in [3.05, 3.63) is 143 Å². The molecule has 2 atom stereocenters. The van der Waals surface area contributed by atoms with Crippen LogP contribution in [0.1, 0.15) is 39.2 Å². The molecule has 2 heterocycles. The first-order chi connectivity index (χ1) is 22.8. The summed E-state index contributed by atoms with van der Waals surface area (Å²) < 4.78 is 13.2. The van der Waals surface area contributed by atoms with Crippen LogP contribution < -0.4 is 15.9 Å². The summed E-state index contributed by atoms with van der Waals surface area (Å²) >= 11 is 0. The van der Waals surface area contributed by atoms with Crippen LogP contribution in [0.25, 0.3) is 45.8 Å². The maximum absolute atomic E-state index is 6.62. The van der Waals surface area contributed by atoms with Crippen molar-refractivity contribution in [1.29, 1.82) is 0 Å². The highest BCUT2D eigenvalue weighted by Crippen LogP contribution is 2.40. The van der Waals surface area contributed by atoms with Crippen molar-refractivity contribution in [2.45, 2.75) is 44.8 Å². The minimum Gasteiger partial charge on any atom is -0.399 e. The van der Waals surface area contributed by atoms with Crippen LogP contribution in [0.2, 0.25) is 0 Å². The average Bonchev–Trinajstić information content (AvgIpc) is 3.34. The fourth-order valence-electron chi connectivity index (χ4n) is 6.70. The molecule has 4 aromatic carbocycles. The van der Waals surface area contributed by atoms with E-state index in [9.17, 15) is 0 Å². The van der Waals surface area contributed by atoms with Crippen LogP contribution in [0.4, 0.5) is 0 Å². The molecule has 0 amide bonds. The van der Waals surface area contributed by atoms with Gasteiger partial charge in [-0.3, -0.25) is 0 Å². The smallest absolute Gasteiger partial charge is 0.399 e. The summed E-state index contributed by atoms with van der Waals surface area (Å²) in [6.45, 7) is 8.37. The summed E-state index contributed by atoms with van der Waals surface area (Å²) in [5, 5.41) is 2.53. The van der Waals surface area contributed by atoms with Crippen LogP contribution in [0.5, 0.6) is 0 Å². The predicted octanol–water partition coefficient (Wildman–Crippen LogP) is 6.64. The molecule has 2 unspecified atom stereocenters. The zero-order valence-corrected chi connectivity index (χ0v) is 27.1. The van der Waals surface area contributed by atoms with Crippen LogP contribution in [0, 0.1) is 5.92 Å². The number of nitrogens with zero attached hydrogens (tertiary/aromatic N) is 3. The summed E-state index contributed by atoms with van der Waals surface area (Å²) in [6.07, 6.45) is 11.3. The fourth-order valence-corrected chi connectivity index (χ4v) is 6.70. The zero-order chi connectivity index (χ0) is 32.2. The molecular formula is C41H36BN3O2. The van der Waals surface area contributed by atoms with Gasteiger partial charge >= 0.3 is 7.12 Å². The van der Waals surface area contributed by atoms with Gasteiger partial charge in [-0.1, -0.05) is 127 Å². The first kappa shape index (κ1) is 29.5. The third-order valence-electron chi connectivity index (χ3n) is 9.93. The van der Waals surface area contributed by atoms with E-state index >= 15 is 0 Å². The molecule has 8 rings (SSSR count). The Labute approximate surface area is 276 Å². The molecule has 5 aromatic rings. The number of aromatic nitrogens is 3. The fraction of sp³-hybridized carbons (Fsp3) is 0.195. The molecule has 1 fully saturated rings. The highest BCUT2D eigenvalue weighted by Gasteiger charge is 2.52. The van der Waals surface area contributed by atoms with E-state index in [0.717, 1.165) is 27.7 Å². The number of rotatable bonds is 5. The van der Waals surface area contributed by atoms with Gasteiger partial charge in [-0.2, -0.15) is 0 Å². The molecule has 5 nitrogen and oxygen atoms in total. The van der Waals surface area contributed by atoms with Gasteiger partial charge < -0.3 is 9.31 Å². The van der Waals surface area contributed by atoms with Gasteiger partial charge in [0.25, 0.3) is 0 Å². The Bertz CT molecular complexity index is 2100. The highest BCUT2D eigenvalue weighted by molar-refractivity contribution is 6.62. The van der Waals surface area contributed by atoms with E-state index in [-0.39, 0.29) is 11.8 Å². The molecule has 1 aliphatic heterocycles. The standard InChI is InChI=1S/C41H36BN3O2/c1-40(2)41(3,4)47-42(46-40)32-24-30(36-26-29-19-11-12-20-33(29)34-21-13-14-22-35(34)36)23-31(25-32)39-44-37(27-15-7-5-8-16-27)43-38(45-39)28-17-9-6-10-18-28/h5-26,35-36H,1-4H3. The molecule has 6 heteroatoms. The van der Waals surface area contributed by atoms with Crippen LogP contribution in [-0.4, -0.2) is 33.3 Å². The maximum Gasteiger partial charge on any atom is 0.494 e. The molecule has 0 spiro atoms. The highest BCUT2D eigenvalue weighted by atomic mass is 16.7. The summed E-state index contributed by atoms with van der Waals surface area (Å²) in [5.74, 6) is 2.15. The van der Waals surface area contributed by atoms with Gasteiger partial charge in [-0.15, -0.1) is 0 Å². The Morgan fingerprint density at radius 3 is 1.81 bits per heavy atom. The van der Waals surface area contributed by atoms with Crippen LogP contribution in [0.15, 0.2) is 127 Å². The Balaban J connectivity index is 1.34. The predicted molar refractivity (Wildman–Crippen MR) is 190 cm³/mol. The summed E-state index contributed by atoms with van der Waals surface area (Å²) in [6, 6.07) is 35.5. The minimum absolute atomic E-state index is 0.0891. The monoisotopic (exact) mass is 613 g/mol. The molecule has 0 N–H and O–H groups in total. The van der Waals surface area contributed by atoms with Crippen molar-refractivity contribution in [3.63, 3.8) is 0 Å². The molecule has 1 aromatic heterocycles. The van der Waals surface area contributed by atoms with Crippen LogP contribution in [-0.2, 0) is 9.31 Å². The molecule has 0 radical (unpaired) electrons. The van der Waals surface area contributed by atoms with Gasteiger partial charge in [0.2, 0.25) is 0 Å². The van der Waals surface area contributed by atoms with Gasteiger partial charge in [-0.05, 0) is 60.8 Å². The SMILES string of the molecule is CC1(C)OB(c2cc(-c3nc(-c4ccccc4)nc(-c4ccccc4)n3)cc(C3C=c4ccccc4=C4C=CC=CC43)c2)OC1(C)C. The normalized spacial score (nSPS) is 20.4. The lowest BCUT2D eigenvalue weighted by Gasteiger charge is -2.32. The number of benzene rings is 4. The lowest BCUT2D eigenvalue weighted by Crippen LogP contribution is -2.41. The molecule has 47 heavy (non-hydrogen) atoms. The Morgan fingerprint density at radius 2 is 1.17 bits per heavy atom. The minimum atomic E-state index is -0.538. The lowest BCUT2D eigenvalue weighted by atomic mass is 9.71. The van der Waals surface area contributed by atoms with Crippen LogP contribution >= 0.6 is 0 Å². The van der Waals surface area contributed by atoms with E-state index < -0.39 is 18.3 Å². The molecular weight excluding hydrogens is 577 g/mol. The summed E-state index contributed by atoms with van der Waals surface area (Å²) in [5.41, 5.74) is 5.25. The molecule has 0 saturated carbocycles. The van der Waals surface area contributed by atoms with Crippen molar-refractivity contribution in [2.75, 3.05) is 0 Å². The van der Waals surface area contributed by atoms with E-state index in [4.69, 9.17) is 24.3 Å². The number of hydrogen-bond acceptors (Lipinski definition) is 5. The van der Waals surface area contributed by atoms with Crippen molar-refractivity contribution in [2.24, 2.45) is 5.92 Å². The van der Waals surface area contributed by atoms with Gasteiger partial charge in [-0.25, -0.2) is 15.0 Å². The van der Waals surface area contributed by atoms with Gasteiger partial charge in [0, 0.05) is 28.5 Å². The second-order valence-corrected chi connectivity index (χ2v) is 13.5. The van der Waals surface area contributed by atoms with E-state index in [1.165, 1.54) is 16.0 Å². The number of fused-ring (bicyclic) bond motifs is 2. The Kier molecular flexibility index (Phi) is 7.16. The number of hydrogen-bond donors (Lipinski definition) is 0. The summed E-state index contributed by atoms with van der Waals surface area (Å²) in [4.78, 5) is 15.1. The van der Waals surface area contributed by atoms with Crippen molar-refractivity contribution in [1.82, 2.24) is 15.0 Å². The molecule has 230 valence electrons. The zero-order valence-electron chi connectivity index (χ0n) is 27.1. The maximum atomic E-state index is 6.62. The van der Waals surface area contributed by atoms with Crippen molar-refractivity contribution >= 4 is 24.2 Å². The Morgan fingerprint density at radius 1 is 0.596 bits per heavy atom. The van der Waals surface area contributed by atoms with E-state index in [1.54, 1.807) is 0 Å². The average molecular weight is 614 g/mol. The molecule has 0 bridgehead atoms. The van der Waals surface area contributed by atoms with Gasteiger partial charge in [0.05, 0.1) is 11.2 Å². The Hall–Kier alpha value is -4.91. The van der Waals surface area contributed by atoms with E-state index in [1.807, 2.05) is 60.7 Å². The third kappa shape index (κ3) is 5.38. The first-order valence-electron chi connectivity index (χ1n) is 16.3. The van der Waals surface area contributed by atoms with E-state index in [2.05, 4.69) is 101 Å². The lowest BCUT2D eigenvalue weighted by molar-refractivity contribution is 0.00578. The number of allylic oxidation sites excluding steroid dienone is 4. The van der Waals surface area contributed by atoms with Crippen LogP contribution in [0.3, 0.4) is 0 Å². The van der Waals surface area contributed by atoms with Crippen molar-refractivity contribution < 1.29 is 9.31 Å². The second kappa shape index (κ2) is 11.4. The largest absolute Gasteiger partial charge is 0.494 e.